The Kier molecular flexibility index (Phi) is 3.37. The molecule has 3 N–H and O–H groups in total. The van der Waals surface area contributed by atoms with Gasteiger partial charge in [0, 0.05) is 0 Å². The number of carbonyl (C=O) groups excluding carboxylic acids is 1. The number of para-hydroxylation sites is 1. The molecule has 5 heteroatoms. The average molecular weight is 190 g/mol. The van der Waals surface area contributed by atoms with Gasteiger partial charge in [-0.15, -0.1) is 5.10 Å². The minimum atomic E-state index is -0.481. The van der Waals surface area contributed by atoms with Crippen LogP contribution in [0.25, 0.3) is 11.0 Å². The monoisotopic (exact) mass is 190 g/mol. The summed E-state index contributed by atoms with van der Waals surface area (Å²) in [6.07, 6.45) is 1.06. The lowest BCUT2D eigenvalue weighted by molar-refractivity contribution is -0.113. The molecule has 5 nitrogen and oxygen atoms in total. The topological polar surface area (TPSA) is 84.7 Å². The Morgan fingerprint density at radius 2 is 2.14 bits per heavy atom. The SMILES string of the molecule is C=CC(N)=O.c1ccc2[nH]nnc2c1. The highest BCUT2D eigenvalue weighted by Gasteiger charge is 1.90. The smallest absolute Gasteiger partial charge is 0.240 e. The highest BCUT2D eigenvalue weighted by Crippen LogP contribution is 2.03. The predicted molar refractivity (Wildman–Crippen MR) is 53.3 cm³/mol. The van der Waals surface area contributed by atoms with E-state index in [9.17, 15) is 4.79 Å². The molecule has 1 aromatic carbocycles. The van der Waals surface area contributed by atoms with Crippen molar-refractivity contribution < 1.29 is 4.79 Å². The molecule has 1 amide bonds. The van der Waals surface area contributed by atoms with Gasteiger partial charge in [-0.1, -0.05) is 23.9 Å². The third-order valence-electron chi connectivity index (χ3n) is 1.43. The first kappa shape index (κ1) is 9.91. The molecular weight excluding hydrogens is 180 g/mol. The standard InChI is InChI=1S/C6H5N3.C3H5NO/c1-2-4-6-5(3-1)7-9-8-6;1-2-3(4)5/h1-4H,(H,7,8,9);2H,1H2,(H2,4,5). The van der Waals surface area contributed by atoms with E-state index >= 15 is 0 Å². The number of fused-ring (bicyclic) bond motifs is 1. The minimum absolute atomic E-state index is 0.481. The van der Waals surface area contributed by atoms with Gasteiger partial charge in [0.1, 0.15) is 5.52 Å². The van der Waals surface area contributed by atoms with Gasteiger partial charge < -0.3 is 5.73 Å². The van der Waals surface area contributed by atoms with E-state index in [1.807, 2.05) is 24.3 Å². The van der Waals surface area contributed by atoms with E-state index in [2.05, 4.69) is 27.7 Å². The predicted octanol–water partition coefficient (Wildman–Crippen LogP) is 0.616. The summed E-state index contributed by atoms with van der Waals surface area (Å²) >= 11 is 0. The number of nitrogens with one attached hydrogen (secondary N) is 1. The number of rotatable bonds is 1. The number of primary amides is 1. The number of hydrogen-bond acceptors (Lipinski definition) is 3. The Balaban J connectivity index is 0.000000171. The fraction of sp³-hybridized carbons (Fsp3) is 0. The Bertz CT molecular complexity index is 405. The van der Waals surface area contributed by atoms with Crippen molar-refractivity contribution in [1.29, 1.82) is 0 Å². The average Bonchev–Trinajstić information content (AvgIpc) is 2.66. The van der Waals surface area contributed by atoms with Gasteiger partial charge in [0.2, 0.25) is 5.91 Å². The molecule has 0 fully saturated rings. The minimum Gasteiger partial charge on any atom is -0.366 e. The van der Waals surface area contributed by atoms with E-state index in [4.69, 9.17) is 0 Å². The fourth-order valence-electron chi connectivity index (χ4n) is 0.788. The number of aromatic amines is 1. The third kappa shape index (κ3) is 2.71. The summed E-state index contributed by atoms with van der Waals surface area (Å²) in [6.45, 7) is 3.09. The van der Waals surface area contributed by atoms with Crippen molar-refractivity contribution in [2.24, 2.45) is 5.73 Å². The van der Waals surface area contributed by atoms with Crippen LogP contribution in [0.2, 0.25) is 0 Å². The molecule has 72 valence electrons. The van der Waals surface area contributed by atoms with Crippen LogP contribution in [-0.4, -0.2) is 21.3 Å². The number of nitrogens with zero attached hydrogens (tertiary/aromatic N) is 2. The van der Waals surface area contributed by atoms with E-state index < -0.39 is 5.91 Å². The van der Waals surface area contributed by atoms with Gasteiger partial charge in [0.15, 0.2) is 0 Å². The lowest BCUT2D eigenvalue weighted by atomic mass is 10.3. The van der Waals surface area contributed by atoms with Gasteiger partial charge in [-0.05, 0) is 18.2 Å². The molecule has 0 atom stereocenters. The van der Waals surface area contributed by atoms with Crippen molar-refractivity contribution in [3.05, 3.63) is 36.9 Å². The van der Waals surface area contributed by atoms with E-state index in [1.54, 1.807) is 0 Å². The van der Waals surface area contributed by atoms with E-state index in [1.165, 1.54) is 0 Å². The first-order valence-electron chi connectivity index (χ1n) is 3.91. The van der Waals surface area contributed by atoms with Crippen LogP contribution in [0.3, 0.4) is 0 Å². The lowest BCUT2D eigenvalue weighted by Gasteiger charge is -1.79. The maximum atomic E-state index is 9.47. The number of aromatic nitrogens is 3. The second-order valence-corrected chi connectivity index (χ2v) is 2.44. The summed E-state index contributed by atoms with van der Waals surface area (Å²) in [5, 5.41) is 10.2. The summed E-state index contributed by atoms with van der Waals surface area (Å²) in [5.74, 6) is -0.481. The number of nitrogens with two attached hydrogens (primary N) is 1. The molecule has 0 aliphatic heterocycles. The van der Waals surface area contributed by atoms with Gasteiger partial charge >= 0.3 is 0 Å². The summed E-state index contributed by atoms with van der Waals surface area (Å²) in [7, 11) is 0. The van der Waals surface area contributed by atoms with Crippen molar-refractivity contribution >= 4 is 16.9 Å². The van der Waals surface area contributed by atoms with Crippen LogP contribution in [0.15, 0.2) is 36.9 Å². The van der Waals surface area contributed by atoms with Crippen molar-refractivity contribution in [2.75, 3.05) is 0 Å². The van der Waals surface area contributed by atoms with Crippen LogP contribution in [0.4, 0.5) is 0 Å². The van der Waals surface area contributed by atoms with Crippen molar-refractivity contribution in [1.82, 2.24) is 15.4 Å². The highest BCUT2D eigenvalue weighted by molar-refractivity contribution is 5.84. The highest BCUT2D eigenvalue weighted by atomic mass is 16.1. The maximum absolute atomic E-state index is 9.47. The first-order valence-corrected chi connectivity index (χ1v) is 3.91. The van der Waals surface area contributed by atoms with Gasteiger partial charge in [0.25, 0.3) is 0 Å². The Morgan fingerprint density at radius 3 is 2.71 bits per heavy atom. The molecule has 0 radical (unpaired) electrons. The lowest BCUT2D eigenvalue weighted by Crippen LogP contribution is -2.04. The number of benzene rings is 1. The molecule has 0 aliphatic rings. The molecule has 0 unspecified atom stereocenters. The van der Waals surface area contributed by atoms with Gasteiger partial charge in [-0.25, -0.2) is 0 Å². The van der Waals surface area contributed by atoms with Crippen molar-refractivity contribution in [3.8, 4) is 0 Å². The van der Waals surface area contributed by atoms with Crippen molar-refractivity contribution in [2.45, 2.75) is 0 Å². The summed E-state index contributed by atoms with van der Waals surface area (Å²) in [4.78, 5) is 9.47. The van der Waals surface area contributed by atoms with Gasteiger partial charge in [-0.2, -0.15) is 0 Å². The number of amides is 1. The molecule has 0 aliphatic carbocycles. The zero-order valence-electron chi connectivity index (χ0n) is 7.47. The van der Waals surface area contributed by atoms with Crippen LogP contribution >= 0.6 is 0 Å². The van der Waals surface area contributed by atoms with Crippen LogP contribution in [0, 0.1) is 0 Å². The number of H-pyrrole nitrogens is 1. The zero-order valence-corrected chi connectivity index (χ0v) is 7.47. The van der Waals surface area contributed by atoms with Crippen LogP contribution < -0.4 is 5.73 Å². The quantitative estimate of drug-likeness (QED) is 0.646. The Labute approximate surface area is 80.6 Å². The van der Waals surface area contributed by atoms with Crippen LogP contribution in [0.1, 0.15) is 0 Å². The molecule has 1 aromatic heterocycles. The molecule has 0 saturated carbocycles. The summed E-state index contributed by atoms with van der Waals surface area (Å²) in [6, 6.07) is 7.74. The molecule has 1 heterocycles. The summed E-state index contributed by atoms with van der Waals surface area (Å²) in [5.41, 5.74) is 6.43. The van der Waals surface area contributed by atoms with Crippen LogP contribution in [0.5, 0.6) is 0 Å². The number of hydrogen-bond donors (Lipinski definition) is 2. The zero-order chi connectivity index (χ0) is 10.4. The normalized spacial score (nSPS) is 8.86. The molecule has 0 bridgehead atoms. The van der Waals surface area contributed by atoms with Gasteiger partial charge in [-0.3, -0.25) is 9.89 Å². The van der Waals surface area contributed by atoms with E-state index in [0.717, 1.165) is 17.1 Å². The van der Waals surface area contributed by atoms with E-state index in [-0.39, 0.29) is 0 Å². The molecule has 14 heavy (non-hydrogen) atoms. The van der Waals surface area contributed by atoms with Crippen LogP contribution in [-0.2, 0) is 4.79 Å². The first-order chi connectivity index (χ1) is 6.74. The largest absolute Gasteiger partial charge is 0.366 e. The molecule has 2 rings (SSSR count). The van der Waals surface area contributed by atoms with Gasteiger partial charge in [0.05, 0.1) is 5.52 Å². The summed E-state index contributed by atoms with van der Waals surface area (Å²) < 4.78 is 0. The Hall–Kier alpha value is -2.17. The number of carbonyl (C=O) groups is 1. The third-order valence-corrected chi connectivity index (χ3v) is 1.43. The molecule has 2 aromatic rings. The molecule has 0 saturated heterocycles. The van der Waals surface area contributed by atoms with Crippen molar-refractivity contribution in [3.63, 3.8) is 0 Å². The second kappa shape index (κ2) is 4.76. The fourth-order valence-corrected chi connectivity index (χ4v) is 0.788. The molecular formula is C9H10N4O. The molecule has 0 spiro atoms. The maximum Gasteiger partial charge on any atom is 0.240 e. The van der Waals surface area contributed by atoms with E-state index in [0.29, 0.717) is 0 Å². The second-order valence-electron chi connectivity index (χ2n) is 2.44. The Morgan fingerprint density at radius 1 is 1.50 bits per heavy atom.